The monoisotopic (exact) mass is 1780 g/mol. The van der Waals surface area contributed by atoms with E-state index < -0.39 is 31.5 Å². The molecule has 15 nitrogen and oxygen atoms in total. The SMILES string of the molecule is C[n+]1[n-]c(-c2cccc(-c3[c-]cccc3)n2)cc1C(F)(F)F.Cc1cc(-c2cccc(-c3[c-]cccc3)n2)[n-][n+]1C.Cc1cc(-c2cccc(-c3[c-]cccc3)n2)[n-]n1.FC(F)(F)c1cc(-c2cccc(-c3[c-]cccc3)n2)[n-]n1.F[P-](F)(F)(F)(F)F.O=CO[O-].[H-].[Ir].[Ir].[K+].[K+].[K+]. The van der Waals surface area contributed by atoms with Crippen molar-refractivity contribution in [2.24, 2.45) is 14.1 Å². The van der Waals surface area contributed by atoms with Gasteiger partial charge in [-0.2, -0.15) is 26.3 Å². The molecule has 8 aromatic heterocycles. The second kappa shape index (κ2) is 38.9. The van der Waals surface area contributed by atoms with Crippen molar-refractivity contribution in [2.45, 2.75) is 26.2 Å². The molecule has 0 amide bonds. The van der Waals surface area contributed by atoms with Crippen molar-refractivity contribution in [1.82, 2.24) is 50.5 Å². The molecule has 0 unspecified atom stereocenters. The van der Waals surface area contributed by atoms with Gasteiger partial charge in [-0.3, -0.25) is 34.1 Å². The molecule has 0 fully saturated rings. The van der Waals surface area contributed by atoms with Crippen LogP contribution < -0.4 is 189 Å². The van der Waals surface area contributed by atoms with Crippen LogP contribution in [0.2, 0.25) is 0 Å². The first kappa shape index (κ1) is 87.6. The molecule has 0 saturated carbocycles. The number of benzene rings is 4. The van der Waals surface area contributed by atoms with Crippen molar-refractivity contribution in [3.63, 3.8) is 0 Å². The zero-order chi connectivity index (χ0) is 66.1. The maximum absolute atomic E-state index is 12.8. The number of carbonyl (C=O) groups excluding carboxylic acids is 1. The number of rotatable bonds is 9. The number of pyridine rings is 4. The summed E-state index contributed by atoms with van der Waals surface area (Å²) >= 11 is 0. The Labute approximate surface area is 698 Å². The van der Waals surface area contributed by atoms with E-state index in [0.29, 0.717) is 22.8 Å². The molecular weight excluding hydrogens is 1730 g/mol. The molecule has 0 spiro atoms. The van der Waals surface area contributed by atoms with E-state index >= 15 is 0 Å². The summed E-state index contributed by atoms with van der Waals surface area (Å²) in [5.41, 5.74) is 11.2. The van der Waals surface area contributed by atoms with E-state index in [-0.39, 0.29) is 214 Å². The fourth-order valence-corrected chi connectivity index (χ4v) is 7.74. The second-order valence-electron chi connectivity index (χ2n) is 18.7. The molecule has 0 aliphatic rings. The molecular formula is C63H46F12Ir2K3N12O3P-6. The second-order valence-corrected chi connectivity index (χ2v) is 20.6. The molecule has 0 atom stereocenters. The Kier molecular flexibility index (Phi) is 35.5. The van der Waals surface area contributed by atoms with Crippen molar-refractivity contribution in [2.75, 3.05) is 0 Å². The topological polar surface area (TPSA) is 191 Å². The van der Waals surface area contributed by atoms with Crippen LogP contribution in [-0.2, 0) is 76.3 Å². The van der Waals surface area contributed by atoms with Crippen molar-refractivity contribution in [1.29, 1.82) is 0 Å². The van der Waals surface area contributed by atoms with Crippen LogP contribution in [-0.4, -0.2) is 36.6 Å². The Morgan fingerprint density at radius 3 is 1.03 bits per heavy atom. The van der Waals surface area contributed by atoms with Gasteiger partial charge in [-0.15, -0.1) is 144 Å². The number of alkyl halides is 6. The Morgan fingerprint density at radius 2 is 0.771 bits per heavy atom. The Balaban J connectivity index is 0.000000603. The molecule has 4 aromatic carbocycles. The standard InChI is InChI=1S/C16H11F3N3.C16H14N3.C15H8F3N3.C15H11N3.CH2O3.F6P.2Ir.3K.H/c1-22-15(16(17,18)19)10-14(21-22)13-9-5-8-12(20-13)11-6-3-2-4-7-11;1-12-11-16(18-19(12)2)15-10-6-9-14(17-15)13-7-4-3-5-8-13;16-15(17,18)14-9-13(20-21-14)12-8-4-7-11(19-12)10-5-2-1-3-6-10;1-11-10-15(18-17-11)14-9-5-8-13(16-14)12-6-3-2-4-7-12;2-1-4-3;1-7(2,3,4,5)6;;;;;;/h2-6,8-10H,1H3;3-7,9-11H,1-2H3;1-5,7-9H;2-6,8-10H,1H3;1,3H;;;;;;;/q2*-1;2*-2;;-1;;;3*+1;-1/p-1. The third kappa shape index (κ3) is 29.4. The minimum atomic E-state index is -10.7. The first-order valence-electron chi connectivity index (χ1n) is 26.2. The Morgan fingerprint density at radius 1 is 0.458 bits per heavy atom. The maximum atomic E-state index is 12.8. The van der Waals surface area contributed by atoms with Crippen LogP contribution in [0.15, 0.2) is 194 Å². The van der Waals surface area contributed by atoms with Gasteiger partial charge in [0.2, 0.25) is 0 Å². The molecule has 12 rings (SSSR count). The van der Waals surface area contributed by atoms with E-state index in [1.807, 2.05) is 159 Å². The predicted molar refractivity (Wildman–Crippen MR) is 308 cm³/mol. The first-order chi connectivity index (χ1) is 42.9. The molecule has 0 bridgehead atoms. The fraction of sp³-hybridized carbons (Fsp3) is 0.0952. The zero-order valence-corrected chi connectivity index (χ0v) is 66.3. The molecule has 2 radical (unpaired) electrons. The van der Waals surface area contributed by atoms with Crippen molar-refractivity contribution in [3.8, 4) is 90.6 Å². The summed E-state index contributed by atoms with van der Waals surface area (Å²) in [5.74, 6) is 0. The van der Waals surface area contributed by atoms with Gasteiger partial charge in [-0.1, -0.05) is 77.4 Å². The van der Waals surface area contributed by atoms with Crippen molar-refractivity contribution < 1.29 is 272 Å². The predicted octanol–water partition coefficient (Wildman–Crippen LogP) is 4.72. The summed E-state index contributed by atoms with van der Waals surface area (Å²) in [7, 11) is -7.45. The number of hydrogen-bond acceptors (Lipinski definition) is 9. The fourth-order valence-electron chi connectivity index (χ4n) is 7.74. The van der Waals surface area contributed by atoms with E-state index in [9.17, 15) is 51.5 Å². The molecule has 33 heteroatoms. The molecule has 96 heavy (non-hydrogen) atoms. The summed E-state index contributed by atoms with van der Waals surface area (Å²) in [6.07, 6.45) is -8.94. The number of aromatic nitrogens is 12. The Hall–Kier alpha value is -4.45. The van der Waals surface area contributed by atoms with Gasteiger partial charge in [0.1, 0.15) is 19.8 Å². The van der Waals surface area contributed by atoms with Crippen molar-refractivity contribution in [3.05, 3.63) is 241 Å². The number of nitrogens with zero attached hydrogens (tertiary/aromatic N) is 12. The van der Waals surface area contributed by atoms with Gasteiger partial charge in [-0.25, -0.2) is 0 Å². The average Bonchev–Trinajstić information content (AvgIpc) is 1.78. The number of hydrogen-bond donors (Lipinski definition) is 0. The van der Waals surface area contributed by atoms with Gasteiger partial charge in [0, 0.05) is 81.7 Å². The van der Waals surface area contributed by atoms with Crippen LogP contribution in [0.25, 0.3) is 90.6 Å². The first-order valence-corrected chi connectivity index (χ1v) is 28.2. The molecule has 12 aromatic rings. The van der Waals surface area contributed by atoms with Gasteiger partial charge < -0.3 is 42.2 Å². The largest absolute Gasteiger partial charge is 1.00 e. The van der Waals surface area contributed by atoms with E-state index in [1.54, 1.807) is 48.5 Å². The average molecular weight is 1780 g/mol. The molecule has 0 saturated heterocycles. The minimum absolute atomic E-state index is 0. The van der Waals surface area contributed by atoms with E-state index in [0.717, 1.165) is 84.6 Å². The van der Waals surface area contributed by atoms with Crippen LogP contribution in [0.3, 0.4) is 0 Å². The molecule has 492 valence electrons. The summed E-state index contributed by atoms with van der Waals surface area (Å²) in [6.45, 7) is 3.77. The Bertz CT molecular complexity index is 4290. The number of carbonyl (C=O) groups is 1. The van der Waals surface area contributed by atoms with Crippen molar-refractivity contribution >= 4 is 14.3 Å². The summed E-state index contributed by atoms with van der Waals surface area (Å²) in [5, 5.41) is 31.6. The normalized spacial score (nSPS) is 11.2. The minimum Gasteiger partial charge on any atom is -1.00 e. The van der Waals surface area contributed by atoms with Gasteiger partial charge in [-0.05, 0) is 66.1 Å². The number of halogens is 12. The smallest absolute Gasteiger partial charge is 1.00 e. The van der Waals surface area contributed by atoms with Gasteiger partial charge in [0.15, 0.2) is 5.69 Å². The van der Waals surface area contributed by atoms with Gasteiger partial charge in [0.25, 0.3) is 12.2 Å². The van der Waals surface area contributed by atoms with Crippen LogP contribution in [0.4, 0.5) is 51.5 Å². The summed E-state index contributed by atoms with van der Waals surface area (Å²) in [6, 6.07) is 70.5. The van der Waals surface area contributed by atoms with Gasteiger partial charge in [0.05, 0.1) is 0 Å². The van der Waals surface area contributed by atoms with Gasteiger partial charge >= 0.3 is 199 Å². The van der Waals surface area contributed by atoms with E-state index in [2.05, 4.69) is 79.7 Å². The quantitative estimate of drug-likeness (QED) is 0.0282. The van der Waals surface area contributed by atoms with Crippen LogP contribution in [0.1, 0.15) is 24.2 Å². The molecule has 0 aliphatic heterocycles. The summed E-state index contributed by atoms with van der Waals surface area (Å²) < 4.78 is 138. The zero-order valence-electron chi connectivity index (χ0n) is 52.3. The van der Waals surface area contributed by atoms with Crippen LogP contribution >= 0.6 is 7.81 Å². The van der Waals surface area contributed by atoms with E-state index in [4.69, 9.17) is 10.1 Å². The third-order valence-electron chi connectivity index (χ3n) is 11.8. The van der Waals surface area contributed by atoms with Crippen LogP contribution in [0.5, 0.6) is 0 Å². The van der Waals surface area contributed by atoms with E-state index in [1.165, 1.54) is 7.05 Å². The van der Waals surface area contributed by atoms with Crippen LogP contribution in [0, 0.1) is 38.1 Å². The molecule has 0 N–H and O–H groups in total. The molecule has 8 heterocycles. The maximum Gasteiger partial charge on any atom is 1.00 e. The molecule has 0 aliphatic carbocycles. The third-order valence-corrected chi connectivity index (χ3v) is 11.8. The summed E-state index contributed by atoms with van der Waals surface area (Å²) in [4.78, 5) is 29.2. The number of aryl methyl sites for hydroxylation is 4.